The third-order valence-corrected chi connectivity index (χ3v) is 5.35. The number of ether oxygens (including phenoxy) is 2. The van der Waals surface area contributed by atoms with Gasteiger partial charge in [-0.05, 0) is 47.5 Å². The summed E-state index contributed by atoms with van der Waals surface area (Å²) in [6.45, 7) is 0.0810. The Balaban J connectivity index is 1.83. The van der Waals surface area contributed by atoms with E-state index in [1.54, 1.807) is 18.2 Å². The topological polar surface area (TPSA) is 90.6 Å². The average Bonchev–Trinajstić information content (AvgIpc) is 2.83. The number of nitrogens with one attached hydrogen (secondary N) is 1. The van der Waals surface area contributed by atoms with Crippen LogP contribution in [0, 0.1) is 5.82 Å². The number of rotatable bonds is 10. The van der Waals surface area contributed by atoms with Crippen LogP contribution in [-0.4, -0.2) is 38.5 Å². The first kappa shape index (κ1) is 23.9. The molecule has 0 saturated heterocycles. The Morgan fingerprint density at radius 2 is 1.61 bits per heavy atom. The number of halogens is 1. The Hall–Kier alpha value is -3.71. The average molecular weight is 451 g/mol. The second kappa shape index (κ2) is 11.2. The lowest BCUT2D eigenvalue weighted by atomic mass is 9.84. The number of methoxy groups -OCH3 is 2. The van der Waals surface area contributed by atoms with Gasteiger partial charge in [0.05, 0.1) is 26.6 Å². The van der Waals surface area contributed by atoms with E-state index in [2.05, 4.69) is 5.32 Å². The van der Waals surface area contributed by atoms with Crippen molar-refractivity contribution < 1.29 is 23.5 Å². The minimum absolute atomic E-state index is 0.0810. The lowest BCUT2D eigenvalue weighted by molar-refractivity contribution is -0.120. The summed E-state index contributed by atoms with van der Waals surface area (Å²) in [4.78, 5) is 25.8. The van der Waals surface area contributed by atoms with Crippen molar-refractivity contribution in [3.63, 3.8) is 0 Å². The van der Waals surface area contributed by atoms with Crippen molar-refractivity contribution in [1.29, 1.82) is 0 Å². The molecule has 33 heavy (non-hydrogen) atoms. The van der Waals surface area contributed by atoms with Crippen LogP contribution in [0.2, 0.25) is 0 Å². The zero-order valence-electron chi connectivity index (χ0n) is 18.6. The Kier molecular flexibility index (Phi) is 8.16. The number of ketones is 1. The molecular weight excluding hydrogens is 423 g/mol. The second-order valence-electron chi connectivity index (χ2n) is 7.59. The highest BCUT2D eigenvalue weighted by molar-refractivity contribution is 6.01. The highest BCUT2D eigenvalue weighted by Crippen LogP contribution is 2.33. The monoisotopic (exact) mass is 450 g/mol. The molecule has 0 aliphatic rings. The van der Waals surface area contributed by atoms with Gasteiger partial charge >= 0.3 is 0 Å². The maximum Gasteiger partial charge on any atom is 0.224 e. The van der Waals surface area contributed by atoms with Gasteiger partial charge in [0.2, 0.25) is 5.91 Å². The summed E-state index contributed by atoms with van der Waals surface area (Å²) in [5, 5.41) is 2.82. The number of carbonyl (C=O) groups is 2. The van der Waals surface area contributed by atoms with E-state index in [-0.39, 0.29) is 24.7 Å². The molecule has 3 aromatic carbocycles. The number of nitrogens with two attached hydrogens (primary N) is 1. The van der Waals surface area contributed by atoms with Gasteiger partial charge in [-0.25, -0.2) is 4.39 Å². The van der Waals surface area contributed by atoms with Crippen molar-refractivity contribution in [2.75, 3.05) is 20.8 Å². The minimum atomic E-state index is -0.799. The summed E-state index contributed by atoms with van der Waals surface area (Å²) in [7, 11) is 3.02. The fourth-order valence-corrected chi connectivity index (χ4v) is 3.63. The highest BCUT2D eigenvalue weighted by atomic mass is 19.1. The molecule has 2 atom stereocenters. The smallest absolute Gasteiger partial charge is 0.224 e. The number of hydrogen-bond donors (Lipinski definition) is 2. The predicted octanol–water partition coefficient (Wildman–Crippen LogP) is 3.50. The fourth-order valence-electron chi connectivity index (χ4n) is 3.63. The summed E-state index contributed by atoms with van der Waals surface area (Å²) in [6.07, 6.45) is 0.209. The summed E-state index contributed by atoms with van der Waals surface area (Å²) in [6, 6.07) is 19.0. The van der Waals surface area contributed by atoms with Crippen molar-refractivity contribution in [3.05, 3.63) is 95.3 Å². The first-order valence-corrected chi connectivity index (χ1v) is 10.5. The maximum absolute atomic E-state index is 13.4. The van der Waals surface area contributed by atoms with Crippen LogP contribution < -0.4 is 20.5 Å². The summed E-state index contributed by atoms with van der Waals surface area (Å²) < 4.78 is 24.1. The van der Waals surface area contributed by atoms with Gasteiger partial charge in [-0.15, -0.1) is 0 Å². The number of hydrogen-bond acceptors (Lipinski definition) is 5. The third kappa shape index (κ3) is 6.17. The normalized spacial score (nSPS) is 12.5. The minimum Gasteiger partial charge on any atom is -0.493 e. The Bertz CT molecular complexity index is 1090. The van der Waals surface area contributed by atoms with Gasteiger partial charge in [0.15, 0.2) is 17.3 Å². The standard InChI is InChI=1S/C26H27FN2O4/c1-32-22-13-10-19(15-23(22)33-2)25(26(31)18-8-11-20(27)12-9-18)21(28)16-29-24(30)14-17-6-4-3-5-7-17/h3-13,15,21,25H,14,16,28H2,1-2H3,(H,29,30). The largest absolute Gasteiger partial charge is 0.493 e. The summed E-state index contributed by atoms with van der Waals surface area (Å²) in [5.41, 5.74) is 8.24. The highest BCUT2D eigenvalue weighted by Gasteiger charge is 2.29. The van der Waals surface area contributed by atoms with E-state index in [9.17, 15) is 14.0 Å². The first-order valence-electron chi connectivity index (χ1n) is 10.5. The lowest BCUT2D eigenvalue weighted by Gasteiger charge is -2.24. The Morgan fingerprint density at radius 1 is 0.939 bits per heavy atom. The van der Waals surface area contributed by atoms with Crippen molar-refractivity contribution in [1.82, 2.24) is 5.32 Å². The molecule has 0 fully saturated rings. The van der Waals surface area contributed by atoms with Gasteiger partial charge in [0, 0.05) is 18.2 Å². The van der Waals surface area contributed by atoms with Crippen molar-refractivity contribution >= 4 is 11.7 Å². The van der Waals surface area contributed by atoms with Gasteiger partial charge in [-0.2, -0.15) is 0 Å². The van der Waals surface area contributed by atoms with E-state index in [1.807, 2.05) is 30.3 Å². The molecular formula is C26H27FN2O4. The zero-order valence-corrected chi connectivity index (χ0v) is 18.6. The van der Waals surface area contributed by atoms with Crippen LogP contribution in [-0.2, 0) is 11.2 Å². The molecule has 2 unspecified atom stereocenters. The van der Waals surface area contributed by atoms with Gasteiger partial charge < -0.3 is 20.5 Å². The molecule has 172 valence electrons. The Morgan fingerprint density at radius 3 is 2.24 bits per heavy atom. The van der Waals surface area contributed by atoms with Gasteiger partial charge in [-0.3, -0.25) is 9.59 Å². The Labute approximate surface area is 192 Å². The van der Waals surface area contributed by atoms with Crippen LogP contribution in [0.1, 0.15) is 27.4 Å². The molecule has 0 bridgehead atoms. The van der Waals surface area contributed by atoms with Gasteiger partial charge in [-0.1, -0.05) is 36.4 Å². The molecule has 0 aliphatic heterocycles. The molecule has 0 aliphatic carbocycles. The molecule has 3 rings (SSSR count). The van der Waals surface area contributed by atoms with E-state index in [0.717, 1.165) is 5.56 Å². The molecule has 3 N–H and O–H groups in total. The van der Waals surface area contributed by atoms with Crippen LogP contribution >= 0.6 is 0 Å². The molecule has 0 aromatic heterocycles. The molecule has 1 amide bonds. The van der Waals surface area contributed by atoms with E-state index < -0.39 is 17.8 Å². The first-order chi connectivity index (χ1) is 15.9. The van der Waals surface area contributed by atoms with Crippen LogP contribution in [0.5, 0.6) is 11.5 Å². The molecule has 0 saturated carbocycles. The van der Waals surface area contributed by atoms with Crippen molar-refractivity contribution in [3.8, 4) is 11.5 Å². The molecule has 0 spiro atoms. The SMILES string of the molecule is COc1ccc(C(C(=O)c2ccc(F)cc2)C(N)CNC(=O)Cc2ccccc2)cc1OC. The molecule has 6 nitrogen and oxygen atoms in total. The van der Waals surface area contributed by atoms with Crippen LogP contribution in [0.15, 0.2) is 72.8 Å². The quantitative estimate of drug-likeness (QED) is 0.462. The molecule has 7 heteroatoms. The van der Waals surface area contributed by atoms with Gasteiger partial charge in [0.1, 0.15) is 5.82 Å². The fraction of sp³-hybridized carbons (Fsp3) is 0.231. The summed E-state index contributed by atoms with van der Waals surface area (Å²) >= 11 is 0. The van der Waals surface area contributed by atoms with E-state index in [1.165, 1.54) is 38.5 Å². The predicted molar refractivity (Wildman–Crippen MR) is 124 cm³/mol. The van der Waals surface area contributed by atoms with Crippen LogP contribution in [0.4, 0.5) is 4.39 Å². The van der Waals surface area contributed by atoms with E-state index >= 15 is 0 Å². The second-order valence-corrected chi connectivity index (χ2v) is 7.59. The summed E-state index contributed by atoms with van der Waals surface area (Å²) in [5.74, 6) is -0.755. The number of amides is 1. The third-order valence-electron chi connectivity index (χ3n) is 5.35. The van der Waals surface area contributed by atoms with E-state index in [4.69, 9.17) is 15.2 Å². The van der Waals surface area contributed by atoms with Gasteiger partial charge in [0.25, 0.3) is 0 Å². The number of carbonyl (C=O) groups excluding carboxylic acids is 2. The van der Waals surface area contributed by atoms with Crippen molar-refractivity contribution in [2.24, 2.45) is 5.73 Å². The van der Waals surface area contributed by atoms with Crippen LogP contribution in [0.25, 0.3) is 0 Å². The molecule has 3 aromatic rings. The number of benzene rings is 3. The lowest BCUT2D eigenvalue weighted by Crippen LogP contribution is -2.44. The van der Waals surface area contributed by atoms with E-state index in [0.29, 0.717) is 22.6 Å². The maximum atomic E-state index is 13.4. The molecule has 0 radical (unpaired) electrons. The number of Topliss-reactive ketones (excluding diaryl/α,β-unsaturated/α-hetero) is 1. The van der Waals surface area contributed by atoms with Crippen molar-refractivity contribution in [2.45, 2.75) is 18.4 Å². The molecule has 0 heterocycles. The zero-order chi connectivity index (χ0) is 23.8. The van der Waals surface area contributed by atoms with Crippen LogP contribution in [0.3, 0.4) is 0 Å².